The van der Waals surface area contributed by atoms with Crippen LogP contribution in [0.25, 0.3) is 21.4 Å². The van der Waals surface area contributed by atoms with E-state index in [2.05, 4.69) is 19.8 Å². The molecule has 0 unspecified atom stereocenters. The molecule has 1 aliphatic rings. The summed E-state index contributed by atoms with van der Waals surface area (Å²) in [4.78, 5) is 42.3. The number of piperidine rings is 1. The zero-order valence-corrected chi connectivity index (χ0v) is 17.0. The number of Topliss-reactive ketones (excluding diaryl/α,β-unsaturated/α-hetero) is 1. The van der Waals surface area contributed by atoms with E-state index in [1.165, 1.54) is 6.20 Å². The molecule has 1 amide bonds. The largest absolute Gasteiger partial charge is 0.358 e. The monoisotopic (exact) mass is 419 g/mol. The third-order valence-electron chi connectivity index (χ3n) is 5.30. The van der Waals surface area contributed by atoms with Crippen LogP contribution < -0.4 is 0 Å². The normalized spacial score (nSPS) is 13.9. The number of amides is 1. The van der Waals surface area contributed by atoms with Crippen LogP contribution in [0.5, 0.6) is 0 Å². The number of aromatic nitrogens is 3. The van der Waals surface area contributed by atoms with Gasteiger partial charge in [0.2, 0.25) is 5.70 Å². The van der Waals surface area contributed by atoms with Gasteiger partial charge in [-0.3, -0.25) is 14.6 Å². The van der Waals surface area contributed by atoms with Crippen molar-refractivity contribution in [3.8, 4) is 0 Å². The van der Waals surface area contributed by atoms with E-state index in [9.17, 15) is 9.59 Å². The Kier molecular flexibility index (Phi) is 5.34. The summed E-state index contributed by atoms with van der Waals surface area (Å²) in [5.41, 5.74) is 3.75. The standard InChI is InChI=1S/C22H18ClN5O2/c1-13-11-27-21(23)19-17(13)15(12-26-19)20(29)22(30)28-9-6-14(7-10-28)18(24-2)16-5-3-4-8-25-16/h3-5,8,11-12,26H,6-7,9-10H2,1H3. The van der Waals surface area contributed by atoms with Crippen LogP contribution >= 0.6 is 11.6 Å². The van der Waals surface area contributed by atoms with Gasteiger partial charge in [-0.2, -0.15) is 0 Å². The van der Waals surface area contributed by atoms with E-state index < -0.39 is 11.7 Å². The second kappa shape index (κ2) is 8.09. The molecule has 0 bridgehead atoms. The van der Waals surface area contributed by atoms with Crippen LogP contribution in [0.1, 0.15) is 34.5 Å². The summed E-state index contributed by atoms with van der Waals surface area (Å²) >= 11 is 6.10. The molecule has 1 N–H and O–H groups in total. The number of likely N-dealkylation sites (tertiary alicyclic amines) is 1. The van der Waals surface area contributed by atoms with Gasteiger partial charge in [0.25, 0.3) is 11.7 Å². The van der Waals surface area contributed by atoms with Gasteiger partial charge in [-0.05, 0) is 37.5 Å². The summed E-state index contributed by atoms with van der Waals surface area (Å²) in [7, 11) is 0. The maximum absolute atomic E-state index is 12.9. The van der Waals surface area contributed by atoms with E-state index in [4.69, 9.17) is 18.2 Å². The lowest BCUT2D eigenvalue weighted by Crippen LogP contribution is -2.40. The van der Waals surface area contributed by atoms with Crippen LogP contribution in [0.4, 0.5) is 0 Å². The Bertz CT molecular complexity index is 1210. The summed E-state index contributed by atoms with van der Waals surface area (Å²) in [5.74, 6) is -1.13. The van der Waals surface area contributed by atoms with Crippen molar-refractivity contribution in [1.29, 1.82) is 0 Å². The molecule has 0 spiro atoms. The van der Waals surface area contributed by atoms with Crippen LogP contribution in [0.2, 0.25) is 5.15 Å². The lowest BCUT2D eigenvalue weighted by atomic mass is 9.99. The number of ketones is 1. The average molecular weight is 420 g/mol. The highest BCUT2D eigenvalue weighted by Crippen LogP contribution is 2.29. The Labute approximate surface area is 178 Å². The predicted molar refractivity (Wildman–Crippen MR) is 114 cm³/mol. The van der Waals surface area contributed by atoms with Crippen LogP contribution in [-0.2, 0) is 4.79 Å². The van der Waals surface area contributed by atoms with Crippen molar-refractivity contribution in [3.05, 3.63) is 75.8 Å². The van der Waals surface area contributed by atoms with E-state index in [1.54, 1.807) is 29.4 Å². The van der Waals surface area contributed by atoms with Gasteiger partial charge in [-0.25, -0.2) is 9.83 Å². The number of fused-ring (bicyclic) bond motifs is 1. The van der Waals surface area contributed by atoms with Gasteiger partial charge in [0, 0.05) is 37.1 Å². The number of nitrogens with zero attached hydrogens (tertiary/aromatic N) is 4. The molecule has 0 aliphatic carbocycles. The number of carbonyl (C=O) groups is 2. The van der Waals surface area contributed by atoms with E-state index >= 15 is 0 Å². The Morgan fingerprint density at radius 1 is 1.23 bits per heavy atom. The second-order valence-corrected chi connectivity index (χ2v) is 7.44. The molecule has 4 rings (SSSR count). The van der Waals surface area contributed by atoms with Gasteiger partial charge in [0.1, 0.15) is 0 Å². The third-order valence-corrected chi connectivity index (χ3v) is 5.59. The highest BCUT2D eigenvalue weighted by atomic mass is 35.5. The van der Waals surface area contributed by atoms with E-state index in [-0.39, 0.29) is 5.15 Å². The number of aromatic amines is 1. The Hall–Kier alpha value is -3.50. The smallest absolute Gasteiger partial charge is 0.295 e. The highest BCUT2D eigenvalue weighted by molar-refractivity contribution is 6.45. The molecule has 150 valence electrons. The summed E-state index contributed by atoms with van der Waals surface area (Å²) < 4.78 is 0. The van der Waals surface area contributed by atoms with Crippen molar-refractivity contribution in [2.75, 3.05) is 13.1 Å². The molecule has 7 nitrogen and oxygen atoms in total. The number of rotatable bonds is 3. The SMILES string of the molecule is [C-]#[N+]C(=C1CCN(C(=O)C(=O)c2c[nH]c3c(Cl)ncc(C)c23)CC1)c1ccccn1. The van der Waals surface area contributed by atoms with Crippen LogP contribution in [0.15, 0.2) is 42.4 Å². The molecule has 8 heteroatoms. The molecule has 1 aliphatic heterocycles. The maximum Gasteiger partial charge on any atom is 0.295 e. The average Bonchev–Trinajstić information content (AvgIpc) is 3.24. The predicted octanol–water partition coefficient (Wildman–Crippen LogP) is 4.06. The molecule has 3 aromatic rings. The first-order valence-electron chi connectivity index (χ1n) is 9.48. The Morgan fingerprint density at radius 2 is 2.00 bits per heavy atom. The van der Waals surface area contributed by atoms with Gasteiger partial charge in [-0.1, -0.05) is 23.2 Å². The zero-order valence-electron chi connectivity index (χ0n) is 16.3. The molecule has 0 radical (unpaired) electrons. The molecule has 0 aromatic carbocycles. The Morgan fingerprint density at radius 3 is 2.67 bits per heavy atom. The van der Waals surface area contributed by atoms with Gasteiger partial charge < -0.3 is 9.88 Å². The fourth-order valence-corrected chi connectivity index (χ4v) is 3.95. The fourth-order valence-electron chi connectivity index (χ4n) is 3.75. The first-order valence-corrected chi connectivity index (χ1v) is 9.85. The summed E-state index contributed by atoms with van der Waals surface area (Å²) in [6.45, 7) is 10.1. The zero-order chi connectivity index (χ0) is 21.3. The molecule has 3 aromatic heterocycles. The minimum Gasteiger partial charge on any atom is -0.358 e. The van der Waals surface area contributed by atoms with Gasteiger partial charge >= 0.3 is 0 Å². The van der Waals surface area contributed by atoms with Gasteiger partial charge in [0.05, 0.1) is 23.3 Å². The summed E-state index contributed by atoms with van der Waals surface area (Å²) in [5, 5.41) is 0.882. The second-order valence-electron chi connectivity index (χ2n) is 7.08. The van der Waals surface area contributed by atoms with E-state index in [1.807, 2.05) is 13.0 Å². The van der Waals surface area contributed by atoms with Crippen molar-refractivity contribution in [2.24, 2.45) is 0 Å². The van der Waals surface area contributed by atoms with Crippen LogP contribution in [0.3, 0.4) is 0 Å². The molecule has 0 saturated carbocycles. The van der Waals surface area contributed by atoms with Crippen molar-refractivity contribution in [3.63, 3.8) is 0 Å². The van der Waals surface area contributed by atoms with Gasteiger partial charge in [0.15, 0.2) is 5.15 Å². The van der Waals surface area contributed by atoms with Crippen molar-refractivity contribution < 1.29 is 9.59 Å². The van der Waals surface area contributed by atoms with Crippen molar-refractivity contribution >= 4 is 39.9 Å². The molecule has 1 fully saturated rings. The van der Waals surface area contributed by atoms with Gasteiger partial charge in [-0.15, -0.1) is 0 Å². The van der Waals surface area contributed by atoms with E-state index in [0.717, 1.165) is 11.1 Å². The molecule has 1 saturated heterocycles. The number of aryl methyl sites for hydroxylation is 1. The van der Waals surface area contributed by atoms with E-state index in [0.29, 0.717) is 53.8 Å². The lowest BCUT2D eigenvalue weighted by Gasteiger charge is -2.28. The minimum atomic E-state index is -0.575. The third kappa shape index (κ3) is 3.46. The highest BCUT2D eigenvalue weighted by Gasteiger charge is 2.29. The Balaban J connectivity index is 1.54. The molecular formula is C22H18ClN5O2. The summed E-state index contributed by atoms with van der Waals surface area (Å²) in [6.07, 6.45) is 5.83. The minimum absolute atomic E-state index is 0.260. The number of carbonyl (C=O) groups excluding carboxylic acids is 2. The summed E-state index contributed by atoms with van der Waals surface area (Å²) in [6, 6.07) is 5.45. The first-order chi connectivity index (χ1) is 14.5. The van der Waals surface area contributed by atoms with Crippen LogP contribution in [-0.4, -0.2) is 44.6 Å². The first kappa shape index (κ1) is 19.8. The van der Waals surface area contributed by atoms with Crippen molar-refractivity contribution in [1.82, 2.24) is 19.9 Å². The number of H-pyrrole nitrogens is 1. The number of halogens is 1. The molecule has 4 heterocycles. The topological polar surface area (TPSA) is 83.3 Å². The van der Waals surface area contributed by atoms with Crippen LogP contribution in [0, 0.1) is 13.5 Å². The fraction of sp³-hybridized carbons (Fsp3) is 0.227. The molecule has 30 heavy (non-hydrogen) atoms. The number of pyridine rings is 2. The maximum atomic E-state index is 12.9. The van der Waals surface area contributed by atoms with Crippen molar-refractivity contribution in [2.45, 2.75) is 19.8 Å². The molecule has 0 atom stereocenters. The number of hydrogen-bond acceptors (Lipinski definition) is 4. The lowest BCUT2D eigenvalue weighted by molar-refractivity contribution is -0.126. The number of nitrogens with one attached hydrogen (secondary N) is 1. The number of hydrogen-bond donors (Lipinski definition) is 1. The molecular weight excluding hydrogens is 402 g/mol. The quantitative estimate of drug-likeness (QED) is 0.300.